The molecule has 0 aliphatic carbocycles. The summed E-state index contributed by atoms with van der Waals surface area (Å²) in [5.74, 6) is -0.247. The average molecular weight is 294 g/mol. The van der Waals surface area contributed by atoms with Gasteiger partial charge in [0.25, 0.3) is 5.91 Å². The molecule has 20 heavy (non-hydrogen) atoms. The second-order valence-electron chi connectivity index (χ2n) is 4.77. The van der Waals surface area contributed by atoms with Crippen molar-refractivity contribution in [3.05, 3.63) is 58.8 Å². The van der Waals surface area contributed by atoms with Crippen LogP contribution in [0.2, 0.25) is 5.02 Å². The van der Waals surface area contributed by atoms with E-state index in [4.69, 9.17) is 16.0 Å². The predicted molar refractivity (Wildman–Crippen MR) is 73.1 cm³/mol. The van der Waals surface area contributed by atoms with Crippen molar-refractivity contribution >= 4 is 17.5 Å². The summed E-state index contributed by atoms with van der Waals surface area (Å²) in [5.41, 5.74) is -0.0624. The monoisotopic (exact) mass is 293 g/mol. The van der Waals surface area contributed by atoms with Crippen LogP contribution in [-0.2, 0) is 0 Å². The summed E-state index contributed by atoms with van der Waals surface area (Å²) >= 11 is 5.96. The third kappa shape index (κ3) is 2.20. The Labute approximate surface area is 120 Å². The predicted octanol–water partition coefficient (Wildman–Crippen LogP) is 4.05. The quantitative estimate of drug-likeness (QED) is 0.837. The first kappa shape index (κ1) is 13.2. The smallest absolute Gasteiger partial charge is 0.258 e. The van der Waals surface area contributed by atoms with E-state index in [0.29, 0.717) is 6.54 Å². The highest BCUT2D eigenvalue weighted by atomic mass is 35.5. The summed E-state index contributed by atoms with van der Waals surface area (Å²) in [6.45, 7) is 0.578. The first-order valence-electron chi connectivity index (χ1n) is 6.47. The molecule has 0 saturated carbocycles. The zero-order valence-electron chi connectivity index (χ0n) is 10.7. The lowest BCUT2D eigenvalue weighted by Crippen LogP contribution is -2.31. The van der Waals surface area contributed by atoms with Gasteiger partial charge in [0, 0.05) is 6.54 Å². The topological polar surface area (TPSA) is 33.5 Å². The summed E-state index contributed by atoms with van der Waals surface area (Å²) in [7, 11) is 0. The van der Waals surface area contributed by atoms with Gasteiger partial charge in [-0.05, 0) is 37.1 Å². The summed E-state index contributed by atoms with van der Waals surface area (Å²) in [5, 5.41) is 0.139. The van der Waals surface area contributed by atoms with E-state index in [1.165, 1.54) is 18.2 Å². The number of hydrogen-bond acceptors (Lipinski definition) is 2. The molecule has 1 amide bonds. The van der Waals surface area contributed by atoms with Crippen LogP contribution in [0.15, 0.2) is 41.0 Å². The lowest BCUT2D eigenvalue weighted by atomic mass is 10.1. The first-order chi connectivity index (χ1) is 9.68. The van der Waals surface area contributed by atoms with E-state index in [2.05, 4.69) is 0 Å². The zero-order chi connectivity index (χ0) is 14.1. The summed E-state index contributed by atoms with van der Waals surface area (Å²) < 4.78 is 19.2. The van der Waals surface area contributed by atoms with Gasteiger partial charge in [0.15, 0.2) is 0 Å². The van der Waals surface area contributed by atoms with Crippen LogP contribution in [0.3, 0.4) is 0 Å². The number of hydrogen-bond donors (Lipinski definition) is 0. The molecule has 0 radical (unpaired) electrons. The molecule has 1 aliphatic rings. The highest BCUT2D eigenvalue weighted by Crippen LogP contribution is 2.34. The van der Waals surface area contributed by atoms with Gasteiger partial charge in [-0.15, -0.1) is 0 Å². The third-order valence-corrected chi connectivity index (χ3v) is 3.88. The van der Waals surface area contributed by atoms with Crippen molar-refractivity contribution in [3.8, 4) is 0 Å². The molecule has 0 spiro atoms. The van der Waals surface area contributed by atoms with Gasteiger partial charge in [0.1, 0.15) is 11.6 Å². The van der Waals surface area contributed by atoms with E-state index in [0.717, 1.165) is 18.6 Å². The fourth-order valence-electron chi connectivity index (χ4n) is 2.63. The standard InChI is InChI=1S/C15H13ClFNO2/c16-10-4-1-5-11(17)14(10)15(19)18-8-2-6-12(18)13-7-3-9-20-13/h1,3-5,7,9,12H,2,6,8H2/t12-/m1/s1. The molecule has 104 valence electrons. The Kier molecular flexibility index (Phi) is 3.49. The molecule has 1 fully saturated rings. The van der Waals surface area contributed by atoms with Crippen molar-refractivity contribution in [3.63, 3.8) is 0 Å². The lowest BCUT2D eigenvalue weighted by Gasteiger charge is -2.23. The molecule has 0 unspecified atom stereocenters. The Balaban J connectivity index is 1.94. The van der Waals surface area contributed by atoms with E-state index in [1.807, 2.05) is 6.07 Å². The van der Waals surface area contributed by atoms with Crippen molar-refractivity contribution in [2.24, 2.45) is 0 Å². The van der Waals surface area contributed by atoms with Crippen LogP contribution in [0.4, 0.5) is 4.39 Å². The Morgan fingerprint density at radius 3 is 2.90 bits per heavy atom. The maximum atomic E-state index is 13.9. The van der Waals surface area contributed by atoms with E-state index in [-0.39, 0.29) is 22.5 Å². The van der Waals surface area contributed by atoms with Crippen LogP contribution < -0.4 is 0 Å². The number of halogens is 2. The van der Waals surface area contributed by atoms with Crippen molar-refractivity contribution in [2.45, 2.75) is 18.9 Å². The molecule has 1 aromatic heterocycles. The number of benzene rings is 1. The Morgan fingerprint density at radius 2 is 2.20 bits per heavy atom. The molecular weight excluding hydrogens is 281 g/mol. The first-order valence-corrected chi connectivity index (χ1v) is 6.84. The lowest BCUT2D eigenvalue weighted by molar-refractivity contribution is 0.0715. The zero-order valence-corrected chi connectivity index (χ0v) is 11.4. The third-order valence-electron chi connectivity index (χ3n) is 3.56. The molecule has 3 nitrogen and oxygen atoms in total. The molecule has 2 heterocycles. The number of amides is 1. The second-order valence-corrected chi connectivity index (χ2v) is 5.18. The summed E-state index contributed by atoms with van der Waals surface area (Å²) in [6.07, 6.45) is 3.25. The van der Waals surface area contributed by atoms with Crippen LogP contribution in [0, 0.1) is 5.82 Å². The van der Waals surface area contributed by atoms with E-state index < -0.39 is 5.82 Å². The van der Waals surface area contributed by atoms with Gasteiger partial charge in [-0.1, -0.05) is 17.7 Å². The van der Waals surface area contributed by atoms with Gasteiger partial charge in [0.2, 0.25) is 0 Å². The number of carbonyl (C=O) groups is 1. The van der Waals surface area contributed by atoms with Crippen molar-refractivity contribution in [1.82, 2.24) is 4.90 Å². The number of likely N-dealkylation sites (tertiary alicyclic amines) is 1. The van der Waals surface area contributed by atoms with Crippen LogP contribution in [-0.4, -0.2) is 17.4 Å². The van der Waals surface area contributed by atoms with Crippen LogP contribution >= 0.6 is 11.6 Å². The largest absolute Gasteiger partial charge is 0.467 e. The number of nitrogens with zero attached hydrogens (tertiary/aromatic N) is 1. The Bertz CT molecular complexity index is 607. The maximum Gasteiger partial charge on any atom is 0.258 e. The Hall–Kier alpha value is -1.81. The molecule has 0 N–H and O–H groups in total. The Morgan fingerprint density at radius 1 is 1.35 bits per heavy atom. The molecule has 2 aromatic rings. The molecule has 1 saturated heterocycles. The van der Waals surface area contributed by atoms with Gasteiger partial charge >= 0.3 is 0 Å². The normalized spacial score (nSPS) is 18.5. The van der Waals surface area contributed by atoms with Crippen molar-refractivity contribution in [2.75, 3.05) is 6.54 Å². The fourth-order valence-corrected chi connectivity index (χ4v) is 2.88. The van der Waals surface area contributed by atoms with Crippen molar-refractivity contribution < 1.29 is 13.6 Å². The van der Waals surface area contributed by atoms with E-state index in [1.54, 1.807) is 17.2 Å². The van der Waals surface area contributed by atoms with Crippen LogP contribution in [0.25, 0.3) is 0 Å². The second kappa shape index (κ2) is 5.29. The molecule has 0 bridgehead atoms. The minimum absolute atomic E-state index is 0.0624. The minimum Gasteiger partial charge on any atom is -0.467 e. The van der Waals surface area contributed by atoms with Gasteiger partial charge in [-0.3, -0.25) is 4.79 Å². The van der Waals surface area contributed by atoms with Crippen LogP contribution in [0.5, 0.6) is 0 Å². The summed E-state index contributed by atoms with van der Waals surface area (Å²) in [4.78, 5) is 14.2. The van der Waals surface area contributed by atoms with E-state index >= 15 is 0 Å². The molecule has 1 aromatic carbocycles. The summed E-state index contributed by atoms with van der Waals surface area (Å²) in [6, 6.07) is 7.73. The highest BCUT2D eigenvalue weighted by molar-refractivity contribution is 6.33. The molecule has 1 atom stereocenters. The molecule has 3 rings (SSSR count). The van der Waals surface area contributed by atoms with Gasteiger partial charge in [-0.2, -0.15) is 0 Å². The van der Waals surface area contributed by atoms with Crippen LogP contribution in [0.1, 0.15) is 35.0 Å². The van der Waals surface area contributed by atoms with E-state index in [9.17, 15) is 9.18 Å². The fraction of sp³-hybridized carbons (Fsp3) is 0.267. The maximum absolute atomic E-state index is 13.9. The SMILES string of the molecule is O=C(c1c(F)cccc1Cl)N1CCC[C@@H]1c1ccco1. The number of carbonyl (C=O) groups excluding carboxylic acids is 1. The van der Waals surface area contributed by atoms with Gasteiger partial charge in [-0.25, -0.2) is 4.39 Å². The molecule has 1 aliphatic heterocycles. The molecule has 5 heteroatoms. The highest BCUT2D eigenvalue weighted by Gasteiger charge is 2.34. The van der Waals surface area contributed by atoms with Gasteiger partial charge in [0.05, 0.1) is 22.9 Å². The molecular formula is C15H13ClFNO2. The van der Waals surface area contributed by atoms with Gasteiger partial charge < -0.3 is 9.32 Å². The van der Waals surface area contributed by atoms with Crippen molar-refractivity contribution in [1.29, 1.82) is 0 Å². The minimum atomic E-state index is -0.590. The number of furan rings is 1. The number of rotatable bonds is 2. The average Bonchev–Trinajstić information content (AvgIpc) is 3.09.